The maximum atomic E-state index is 13.1. The van der Waals surface area contributed by atoms with Crippen molar-refractivity contribution in [3.63, 3.8) is 0 Å². The van der Waals surface area contributed by atoms with E-state index in [4.69, 9.17) is 0 Å². The Morgan fingerprint density at radius 3 is 2.19 bits per heavy atom. The fourth-order valence-corrected chi connectivity index (χ4v) is 3.11. The molecule has 0 radical (unpaired) electrons. The van der Waals surface area contributed by atoms with E-state index in [1.54, 1.807) is 26.8 Å². The lowest BCUT2D eigenvalue weighted by atomic mass is 10.1. The van der Waals surface area contributed by atoms with Gasteiger partial charge in [0.05, 0.1) is 5.69 Å². The van der Waals surface area contributed by atoms with Crippen LogP contribution in [-0.2, 0) is 9.59 Å². The van der Waals surface area contributed by atoms with Crippen LogP contribution in [-0.4, -0.2) is 21.6 Å². The molecule has 3 aromatic rings. The van der Waals surface area contributed by atoms with Crippen molar-refractivity contribution in [3.05, 3.63) is 76.1 Å². The monoisotopic (exact) mass is 432 g/mol. The lowest BCUT2D eigenvalue weighted by molar-refractivity contribution is -0.119. The van der Waals surface area contributed by atoms with Gasteiger partial charge in [-0.1, -0.05) is 56.3 Å². The molecule has 3 rings (SSSR count). The first-order valence-electron chi connectivity index (χ1n) is 10.6. The second-order valence-electron chi connectivity index (χ2n) is 8.19. The predicted molar refractivity (Wildman–Crippen MR) is 127 cm³/mol. The number of hydrogen-bond acceptors (Lipinski definition) is 4. The highest BCUT2D eigenvalue weighted by atomic mass is 16.2. The lowest BCUT2D eigenvalue weighted by Crippen LogP contribution is -2.36. The maximum Gasteiger partial charge on any atom is 0.291 e. The van der Waals surface area contributed by atoms with E-state index in [0.29, 0.717) is 11.4 Å². The third kappa shape index (κ3) is 5.11. The zero-order valence-electron chi connectivity index (χ0n) is 19.0. The molecule has 0 spiro atoms. The molecule has 1 heterocycles. The van der Waals surface area contributed by atoms with Crippen molar-refractivity contribution in [1.29, 1.82) is 0 Å². The van der Waals surface area contributed by atoms with E-state index in [1.807, 2.05) is 62.4 Å². The quantitative estimate of drug-likeness (QED) is 0.607. The Bertz CT molecular complexity index is 1200. The summed E-state index contributed by atoms with van der Waals surface area (Å²) in [5.41, 5.74) is 3.41. The van der Waals surface area contributed by atoms with Gasteiger partial charge in [-0.15, -0.1) is 0 Å². The third-order valence-corrected chi connectivity index (χ3v) is 5.18. The molecular weight excluding hydrogens is 404 g/mol. The molecule has 0 saturated heterocycles. The predicted octanol–water partition coefficient (Wildman–Crippen LogP) is 4.32. The van der Waals surface area contributed by atoms with Gasteiger partial charge in [0.1, 0.15) is 11.7 Å². The van der Waals surface area contributed by atoms with Crippen molar-refractivity contribution in [2.45, 2.75) is 40.7 Å². The smallest absolute Gasteiger partial charge is 0.291 e. The van der Waals surface area contributed by atoms with Crippen molar-refractivity contribution < 1.29 is 9.59 Å². The van der Waals surface area contributed by atoms with Crippen LogP contribution >= 0.6 is 0 Å². The second-order valence-corrected chi connectivity index (χ2v) is 8.19. The molecule has 1 unspecified atom stereocenters. The number of aryl methyl sites for hydroxylation is 2. The topological polar surface area (TPSA) is 93.1 Å². The Morgan fingerprint density at radius 1 is 0.875 bits per heavy atom. The normalized spacial score (nSPS) is 11.8. The number of carbonyl (C=O) groups excluding carboxylic acids is 2. The molecule has 2 amide bonds. The molecule has 1 aromatic heterocycles. The van der Waals surface area contributed by atoms with Gasteiger partial charge in [0, 0.05) is 17.2 Å². The minimum atomic E-state index is -0.902. The number of benzene rings is 2. The van der Waals surface area contributed by atoms with Gasteiger partial charge in [0.2, 0.25) is 11.8 Å². The Balaban J connectivity index is 2.03. The van der Waals surface area contributed by atoms with Crippen molar-refractivity contribution in [3.8, 4) is 11.3 Å². The van der Waals surface area contributed by atoms with Crippen molar-refractivity contribution in [1.82, 2.24) is 9.78 Å². The van der Waals surface area contributed by atoms with E-state index >= 15 is 0 Å². The second kappa shape index (κ2) is 9.60. The molecular formula is C25H28N4O3. The van der Waals surface area contributed by atoms with Crippen LogP contribution < -0.4 is 16.2 Å². The Hall–Kier alpha value is -3.74. The lowest BCUT2D eigenvalue weighted by Gasteiger charge is -2.18. The SMILES string of the molecule is Cc1ccc(C)c(NC(=O)C(C)n2nc(-c3ccccc3)cc(NC(=O)C(C)C)c2=O)c1. The van der Waals surface area contributed by atoms with E-state index in [0.717, 1.165) is 21.4 Å². The van der Waals surface area contributed by atoms with Gasteiger partial charge in [-0.2, -0.15) is 5.10 Å². The van der Waals surface area contributed by atoms with E-state index in [9.17, 15) is 14.4 Å². The number of aromatic nitrogens is 2. The molecule has 0 saturated carbocycles. The van der Waals surface area contributed by atoms with Gasteiger partial charge in [-0.25, -0.2) is 4.68 Å². The average molecular weight is 433 g/mol. The molecule has 0 aliphatic heterocycles. The number of rotatable bonds is 6. The van der Waals surface area contributed by atoms with E-state index < -0.39 is 11.6 Å². The van der Waals surface area contributed by atoms with Crippen LogP contribution in [0.2, 0.25) is 0 Å². The van der Waals surface area contributed by atoms with Crippen LogP contribution in [0.3, 0.4) is 0 Å². The van der Waals surface area contributed by atoms with Crippen LogP contribution in [0.1, 0.15) is 37.9 Å². The van der Waals surface area contributed by atoms with Crippen LogP contribution in [0, 0.1) is 19.8 Å². The Labute approximate surface area is 187 Å². The van der Waals surface area contributed by atoms with Crippen LogP contribution in [0.15, 0.2) is 59.4 Å². The number of anilines is 2. The van der Waals surface area contributed by atoms with Gasteiger partial charge >= 0.3 is 0 Å². The van der Waals surface area contributed by atoms with Crippen LogP contribution in [0.5, 0.6) is 0 Å². The summed E-state index contributed by atoms with van der Waals surface area (Å²) in [7, 11) is 0. The molecule has 0 aliphatic carbocycles. The molecule has 32 heavy (non-hydrogen) atoms. The first kappa shape index (κ1) is 22.9. The number of hydrogen-bond donors (Lipinski definition) is 2. The van der Waals surface area contributed by atoms with Crippen molar-refractivity contribution in [2.24, 2.45) is 5.92 Å². The van der Waals surface area contributed by atoms with Crippen LogP contribution in [0.4, 0.5) is 11.4 Å². The number of carbonyl (C=O) groups is 2. The van der Waals surface area contributed by atoms with E-state index in [-0.39, 0.29) is 23.4 Å². The zero-order chi connectivity index (χ0) is 23.4. The molecule has 1 atom stereocenters. The Kier molecular flexibility index (Phi) is 6.88. The molecule has 2 aromatic carbocycles. The standard InChI is InChI=1S/C25H28N4O3/c1-15(2)23(30)27-22-14-21(19-9-7-6-8-10-19)28-29(25(22)32)18(5)24(31)26-20-13-16(3)11-12-17(20)4/h6-15,18H,1-5H3,(H,26,31)(H,27,30). The first-order chi connectivity index (χ1) is 15.2. The average Bonchev–Trinajstić information content (AvgIpc) is 2.77. The van der Waals surface area contributed by atoms with Crippen LogP contribution in [0.25, 0.3) is 11.3 Å². The highest BCUT2D eigenvalue weighted by Crippen LogP contribution is 2.21. The molecule has 0 fully saturated rings. The summed E-state index contributed by atoms with van der Waals surface area (Å²) in [6, 6.07) is 15.7. The summed E-state index contributed by atoms with van der Waals surface area (Å²) >= 11 is 0. The maximum absolute atomic E-state index is 13.1. The summed E-state index contributed by atoms with van der Waals surface area (Å²) in [6.45, 7) is 8.94. The van der Waals surface area contributed by atoms with Gasteiger partial charge < -0.3 is 10.6 Å². The summed E-state index contributed by atoms with van der Waals surface area (Å²) < 4.78 is 1.12. The highest BCUT2D eigenvalue weighted by molar-refractivity contribution is 5.95. The highest BCUT2D eigenvalue weighted by Gasteiger charge is 2.22. The van der Waals surface area contributed by atoms with Crippen molar-refractivity contribution >= 4 is 23.2 Å². The molecule has 0 aliphatic rings. The molecule has 2 N–H and O–H groups in total. The fraction of sp³-hybridized carbons (Fsp3) is 0.280. The zero-order valence-corrected chi connectivity index (χ0v) is 19.0. The van der Waals surface area contributed by atoms with Crippen molar-refractivity contribution in [2.75, 3.05) is 10.6 Å². The minimum absolute atomic E-state index is 0.0870. The molecule has 7 heteroatoms. The Morgan fingerprint density at radius 2 is 1.53 bits per heavy atom. The fourth-order valence-electron chi connectivity index (χ4n) is 3.11. The number of nitrogens with zero attached hydrogens (tertiary/aromatic N) is 2. The van der Waals surface area contributed by atoms with Gasteiger partial charge in [0.15, 0.2) is 0 Å². The van der Waals surface area contributed by atoms with Gasteiger partial charge in [0.25, 0.3) is 5.56 Å². The molecule has 7 nitrogen and oxygen atoms in total. The summed E-state index contributed by atoms with van der Waals surface area (Å²) in [5.74, 6) is -0.966. The van der Waals surface area contributed by atoms with Gasteiger partial charge in [-0.3, -0.25) is 14.4 Å². The van der Waals surface area contributed by atoms with E-state index in [1.165, 1.54) is 0 Å². The largest absolute Gasteiger partial charge is 0.324 e. The van der Waals surface area contributed by atoms with E-state index in [2.05, 4.69) is 15.7 Å². The first-order valence-corrected chi connectivity index (χ1v) is 10.6. The molecule has 166 valence electrons. The van der Waals surface area contributed by atoms with Gasteiger partial charge in [-0.05, 0) is 44.0 Å². The minimum Gasteiger partial charge on any atom is -0.324 e. The summed E-state index contributed by atoms with van der Waals surface area (Å²) in [6.07, 6.45) is 0. The summed E-state index contributed by atoms with van der Waals surface area (Å²) in [5, 5.41) is 10.0. The summed E-state index contributed by atoms with van der Waals surface area (Å²) in [4.78, 5) is 38.4. The third-order valence-electron chi connectivity index (χ3n) is 5.18. The number of nitrogens with one attached hydrogen (secondary N) is 2. The number of amides is 2. The molecule has 0 bridgehead atoms.